The van der Waals surface area contributed by atoms with E-state index in [1.165, 1.54) is 6.26 Å². The second-order valence-electron chi connectivity index (χ2n) is 3.95. The number of benzene rings is 1. The van der Waals surface area contributed by atoms with E-state index in [-0.39, 0.29) is 5.75 Å². The van der Waals surface area contributed by atoms with Crippen LogP contribution in [-0.4, -0.2) is 25.5 Å². The third-order valence-electron chi connectivity index (χ3n) is 2.31. The Hall–Kier alpha value is 0.150. The van der Waals surface area contributed by atoms with Gasteiger partial charge in [0.25, 0.3) is 0 Å². The maximum Gasteiger partial charge on any atom is 0.147 e. The highest BCUT2D eigenvalue weighted by atomic mass is 127. The first kappa shape index (κ1) is 15.2. The summed E-state index contributed by atoms with van der Waals surface area (Å²) in [5.74, 6) is 0.0984. The second kappa shape index (κ2) is 6.36. The molecule has 1 atom stereocenters. The van der Waals surface area contributed by atoms with Crippen LogP contribution in [0.3, 0.4) is 0 Å². The summed E-state index contributed by atoms with van der Waals surface area (Å²) in [7, 11) is -2.96. The Kier molecular flexibility index (Phi) is 5.69. The molecule has 0 aliphatic rings. The summed E-state index contributed by atoms with van der Waals surface area (Å²) in [6.07, 6.45) is 1.40. The molecule has 0 aromatic heterocycles. The van der Waals surface area contributed by atoms with Crippen LogP contribution in [0.2, 0.25) is 5.02 Å². The Morgan fingerprint density at radius 1 is 1.47 bits per heavy atom. The molecular formula is C11H14ClIO3S. The number of hydrogen-bond acceptors (Lipinski definition) is 3. The molecule has 6 heteroatoms. The van der Waals surface area contributed by atoms with Crippen molar-refractivity contribution in [2.45, 2.75) is 18.9 Å². The molecule has 1 rings (SSSR count). The van der Waals surface area contributed by atoms with Gasteiger partial charge in [-0.3, -0.25) is 0 Å². The lowest BCUT2D eigenvalue weighted by Crippen LogP contribution is -2.06. The van der Waals surface area contributed by atoms with Crippen molar-refractivity contribution in [3.05, 3.63) is 32.4 Å². The van der Waals surface area contributed by atoms with Gasteiger partial charge in [-0.2, -0.15) is 0 Å². The number of rotatable bonds is 5. The molecule has 1 N–H and O–H groups in total. The van der Waals surface area contributed by atoms with Crippen molar-refractivity contribution in [1.82, 2.24) is 0 Å². The molecule has 0 saturated heterocycles. The average Bonchev–Trinajstić information content (AvgIpc) is 2.19. The summed E-state index contributed by atoms with van der Waals surface area (Å²) < 4.78 is 22.9. The van der Waals surface area contributed by atoms with Crippen molar-refractivity contribution in [2.75, 3.05) is 12.0 Å². The van der Waals surface area contributed by atoms with Crippen LogP contribution in [0.5, 0.6) is 0 Å². The standard InChI is InChI=1S/C11H14ClIO3S/c1-17(15,16)6-2-3-11(14)9-7-8(12)4-5-10(9)13/h4-5,7,11,14H,2-3,6H2,1H3. The van der Waals surface area contributed by atoms with E-state index < -0.39 is 15.9 Å². The van der Waals surface area contributed by atoms with Crippen LogP contribution in [0.1, 0.15) is 24.5 Å². The Morgan fingerprint density at radius 2 is 2.12 bits per heavy atom. The summed E-state index contributed by atoms with van der Waals surface area (Å²) in [6, 6.07) is 5.31. The van der Waals surface area contributed by atoms with Crippen molar-refractivity contribution in [1.29, 1.82) is 0 Å². The maximum absolute atomic E-state index is 11.0. The number of aliphatic hydroxyl groups is 1. The van der Waals surface area contributed by atoms with Gasteiger partial charge in [-0.25, -0.2) is 8.42 Å². The van der Waals surface area contributed by atoms with Gasteiger partial charge in [-0.05, 0) is 59.2 Å². The topological polar surface area (TPSA) is 54.4 Å². The first-order valence-corrected chi connectivity index (χ1v) is 8.62. The molecule has 17 heavy (non-hydrogen) atoms. The lowest BCUT2D eigenvalue weighted by molar-refractivity contribution is 0.166. The number of aliphatic hydroxyl groups excluding tert-OH is 1. The Morgan fingerprint density at radius 3 is 2.71 bits per heavy atom. The minimum absolute atomic E-state index is 0.0984. The molecule has 0 radical (unpaired) electrons. The summed E-state index contributed by atoms with van der Waals surface area (Å²) in [5, 5.41) is 10.5. The average molecular weight is 389 g/mol. The van der Waals surface area contributed by atoms with Gasteiger partial charge >= 0.3 is 0 Å². The largest absolute Gasteiger partial charge is 0.388 e. The van der Waals surface area contributed by atoms with Crippen molar-refractivity contribution >= 4 is 44.0 Å². The molecule has 0 heterocycles. The van der Waals surface area contributed by atoms with Gasteiger partial charge < -0.3 is 5.11 Å². The molecule has 1 unspecified atom stereocenters. The number of halogens is 2. The fourth-order valence-electron chi connectivity index (χ4n) is 1.46. The number of sulfone groups is 1. The fraction of sp³-hybridized carbons (Fsp3) is 0.455. The monoisotopic (exact) mass is 388 g/mol. The van der Waals surface area contributed by atoms with Gasteiger partial charge in [0.05, 0.1) is 6.10 Å². The van der Waals surface area contributed by atoms with E-state index in [1.807, 2.05) is 6.07 Å². The van der Waals surface area contributed by atoms with E-state index in [2.05, 4.69) is 22.6 Å². The predicted molar refractivity (Wildman–Crippen MR) is 78.1 cm³/mol. The Balaban J connectivity index is 2.64. The Bertz CT molecular complexity index is 487. The molecule has 0 fully saturated rings. The zero-order chi connectivity index (χ0) is 13.1. The molecule has 0 saturated carbocycles. The van der Waals surface area contributed by atoms with Gasteiger partial charge in [0.15, 0.2) is 0 Å². The van der Waals surface area contributed by atoms with Crippen LogP contribution in [0, 0.1) is 3.57 Å². The molecular weight excluding hydrogens is 375 g/mol. The van der Waals surface area contributed by atoms with E-state index in [4.69, 9.17) is 11.6 Å². The molecule has 1 aromatic carbocycles. The minimum atomic E-state index is -2.96. The van der Waals surface area contributed by atoms with Crippen LogP contribution < -0.4 is 0 Å². The molecule has 0 aliphatic heterocycles. The molecule has 1 aromatic rings. The summed E-state index contributed by atoms with van der Waals surface area (Å²) in [5.41, 5.74) is 0.756. The van der Waals surface area contributed by atoms with Gasteiger partial charge in [0.2, 0.25) is 0 Å². The molecule has 0 bridgehead atoms. The highest BCUT2D eigenvalue weighted by Crippen LogP contribution is 2.26. The van der Waals surface area contributed by atoms with Crippen LogP contribution in [-0.2, 0) is 9.84 Å². The van der Waals surface area contributed by atoms with E-state index in [0.717, 1.165) is 9.13 Å². The van der Waals surface area contributed by atoms with E-state index in [1.54, 1.807) is 12.1 Å². The lowest BCUT2D eigenvalue weighted by atomic mass is 10.1. The van der Waals surface area contributed by atoms with E-state index in [0.29, 0.717) is 17.9 Å². The van der Waals surface area contributed by atoms with Gasteiger partial charge in [0, 0.05) is 20.6 Å². The molecule has 96 valence electrons. The quantitative estimate of drug-likeness (QED) is 0.789. The summed E-state index contributed by atoms with van der Waals surface area (Å²) >= 11 is 7.98. The van der Waals surface area contributed by atoms with Gasteiger partial charge in [0.1, 0.15) is 9.84 Å². The van der Waals surface area contributed by atoms with Crippen molar-refractivity contribution in [3.8, 4) is 0 Å². The van der Waals surface area contributed by atoms with E-state index in [9.17, 15) is 13.5 Å². The third-order valence-corrected chi connectivity index (χ3v) is 4.56. The normalized spacial score (nSPS) is 13.6. The first-order valence-electron chi connectivity index (χ1n) is 5.10. The fourth-order valence-corrected chi connectivity index (χ4v) is 3.03. The third kappa shape index (κ3) is 5.54. The highest BCUT2D eigenvalue weighted by molar-refractivity contribution is 14.1. The van der Waals surface area contributed by atoms with Crippen LogP contribution in [0.15, 0.2) is 18.2 Å². The number of hydrogen-bond donors (Lipinski definition) is 1. The Labute approximate surface area is 120 Å². The maximum atomic E-state index is 11.0. The molecule has 0 spiro atoms. The van der Waals surface area contributed by atoms with Crippen molar-refractivity contribution in [2.24, 2.45) is 0 Å². The van der Waals surface area contributed by atoms with Crippen LogP contribution >= 0.6 is 34.2 Å². The second-order valence-corrected chi connectivity index (χ2v) is 7.81. The predicted octanol–water partition coefficient (Wildman–Crippen LogP) is 2.80. The summed E-state index contributed by atoms with van der Waals surface area (Å²) in [4.78, 5) is 0. The molecule has 0 amide bonds. The SMILES string of the molecule is CS(=O)(=O)CCCC(O)c1cc(Cl)ccc1I. The molecule has 0 aliphatic carbocycles. The van der Waals surface area contributed by atoms with Gasteiger partial charge in [-0.15, -0.1) is 0 Å². The van der Waals surface area contributed by atoms with Crippen molar-refractivity contribution < 1.29 is 13.5 Å². The van der Waals surface area contributed by atoms with Gasteiger partial charge in [-0.1, -0.05) is 11.6 Å². The van der Waals surface area contributed by atoms with Crippen molar-refractivity contribution in [3.63, 3.8) is 0 Å². The highest BCUT2D eigenvalue weighted by Gasteiger charge is 2.13. The van der Waals surface area contributed by atoms with Crippen LogP contribution in [0.4, 0.5) is 0 Å². The summed E-state index contributed by atoms with van der Waals surface area (Å²) in [6.45, 7) is 0. The minimum Gasteiger partial charge on any atom is -0.388 e. The smallest absolute Gasteiger partial charge is 0.147 e. The zero-order valence-corrected chi connectivity index (χ0v) is 13.1. The molecule has 3 nitrogen and oxygen atoms in total. The lowest BCUT2D eigenvalue weighted by Gasteiger charge is -2.12. The first-order chi connectivity index (χ1) is 7.79. The zero-order valence-electron chi connectivity index (χ0n) is 9.36. The van der Waals surface area contributed by atoms with E-state index >= 15 is 0 Å². The van der Waals surface area contributed by atoms with Crippen LogP contribution in [0.25, 0.3) is 0 Å².